The maximum absolute atomic E-state index is 13.1. The van der Waals surface area contributed by atoms with Crippen LogP contribution in [0.2, 0.25) is 0 Å². The van der Waals surface area contributed by atoms with Crippen LogP contribution in [-0.4, -0.2) is 32.9 Å². The van der Waals surface area contributed by atoms with E-state index in [2.05, 4.69) is 16.5 Å². The second-order valence-electron chi connectivity index (χ2n) is 8.24. The van der Waals surface area contributed by atoms with Crippen LogP contribution in [0.5, 0.6) is 5.75 Å². The molecule has 2 amide bonds. The van der Waals surface area contributed by atoms with Gasteiger partial charge in [-0.3, -0.25) is 4.68 Å². The molecule has 28 heavy (non-hydrogen) atoms. The van der Waals surface area contributed by atoms with E-state index in [1.807, 2.05) is 43.7 Å². The lowest BCUT2D eigenvalue weighted by atomic mass is 9.89. The Kier molecular flexibility index (Phi) is 4.50. The zero-order chi connectivity index (χ0) is 19.9. The van der Waals surface area contributed by atoms with Crippen LogP contribution in [0.3, 0.4) is 0 Å². The second kappa shape index (κ2) is 6.86. The quantitative estimate of drug-likeness (QED) is 0.824. The lowest BCUT2D eigenvalue weighted by molar-refractivity contribution is 0.0663. The molecular formula is C21H25N5O2. The Morgan fingerprint density at radius 3 is 2.96 bits per heavy atom. The van der Waals surface area contributed by atoms with E-state index in [-0.39, 0.29) is 17.7 Å². The summed E-state index contributed by atoms with van der Waals surface area (Å²) in [6.07, 6.45) is 1.52. The summed E-state index contributed by atoms with van der Waals surface area (Å²) in [5.41, 5.74) is 3.10. The molecule has 0 unspecified atom stereocenters. The fourth-order valence-corrected chi connectivity index (χ4v) is 4.02. The molecule has 4 rings (SSSR count). The van der Waals surface area contributed by atoms with Gasteiger partial charge in [-0.2, -0.15) is 10.4 Å². The van der Waals surface area contributed by atoms with Gasteiger partial charge in [0.2, 0.25) is 0 Å². The Morgan fingerprint density at radius 2 is 2.18 bits per heavy atom. The number of ether oxygens (including phenoxy) is 1. The summed E-state index contributed by atoms with van der Waals surface area (Å²) in [6, 6.07) is 9.77. The van der Waals surface area contributed by atoms with Gasteiger partial charge in [0.25, 0.3) is 0 Å². The van der Waals surface area contributed by atoms with Crippen molar-refractivity contribution in [1.29, 1.82) is 5.26 Å². The number of amides is 2. The van der Waals surface area contributed by atoms with Crippen LogP contribution in [0.4, 0.5) is 4.79 Å². The van der Waals surface area contributed by atoms with E-state index in [1.165, 1.54) is 0 Å². The number of nitrogens with one attached hydrogen (secondary N) is 1. The predicted molar refractivity (Wildman–Crippen MR) is 104 cm³/mol. The van der Waals surface area contributed by atoms with Crippen molar-refractivity contribution < 1.29 is 9.53 Å². The van der Waals surface area contributed by atoms with E-state index in [0.29, 0.717) is 31.7 Å². The van der Waals surface area contributed by atoms with Gasteiger partial charge in [0, 0.05) is 25.1 Å². The summed E-state index contributed by atoms with van der Waals surface area (Å²) in [7, 11) is 0. The van der Waals surface area contributed by atoms with E-state index in [9.17, 15) is 4.79 Å². The third-order valence-electron chi connectivity index (χ3n) is 5.34. The molecule has 1 N–H and O–H groups in total. The average molecular weight is 379 g/mol. The lowest BCUT2D eigenvalue weighted by Gasteiger charge is -2.38. The number of hydrogen-bond donors (Lipinski definition) is 1. The first-order valence-electron chi connectivity index (χ1n) is 9.66. The number of hydrogen-bond acceptors (Lipinski definition) is 4. The number of aryl methyl sites for hydroxylation is 2. The molecule has 0 saturated carbocycles. The van der Waals surface area contributed by atoms with E-state index in [1.54, 1.807) is 11.0 Å². The molecule has 3 heterocycles. The van der Waals surface area contributed by atoms with Gasteiger partial charge >= 0.3 is 6.03 Å². The molecule has 0 saturated heterocycles. The topological polar surface area (TPSA) is 83.2 Å². The van der Waals surface area contributed by atoms with Crippen LogP contribution in [0, 0.1) is 18.3 Å². The minimum absolute atomic E-state index is 0.0950. The number of fused-ring (bicyclic) bond motifs is 2. The molecule has 1 aromatic carbocycles. The Morgan fingerprint density at radius 1 is 1.36 bits per heavy atom. The van der Waals surface area contributed by atoms with Crippen LogP contribution in [0.25, 0.3) is 0 Å². The van der Waals surface area contributed by atoms with Crippen LogP contribution >= 0.6 is 0 Å². The molecule has 0 radical (unpaired) electrons. The van der Waals surface area contributed by atoms with E-state index < -0.39 is 0 Å². The first kappa shape index (κ1) is 18.4. The van der Waals surface area contributed by atoms with E-state index >= 15 is 0 Å². The minimum atomic E-state index is -0.349. The Balaban J connectivity index is 1.54. The number of nitriles is 1. The molecule has 2 aromatic rings. The van der Waals surface area contributed by atoms with Crippen molar-refractivity contribution in [2.45, 2.75) is 58.3 Å². The van der Waals surface area contributed by atoms with Gasteiger partial charge in [-0.15, -0.1) is 0 Å². The highest BCUT2D eigenvalue weighted by Crippen LogP contribution is 2.40. The van der Waals surface area contributed by atoms with Crippen LogP contribution in [-0.2, 0) is 13.1 Å². The maximum atomic E-state index is 13.1. The van der Waals surface area contributed by atoms with Gasteiger partial charge < -0.3 is 15.0 Å². The number of carbonyl (C=O) groups excluding carboxylic acids is 1. The van der Waals surface area contributed by atoms with Crippen LogP contribution < -0.4 is 10.1 Å². The molecule has 2 aliphatic rings. The fourth-order valence-electron chi connectivity index (χ4n) is 4.02. The maximum Gasteiger partial charge on any atom is 0.318 e. The Hall–Kier alpha value is -3.01. The fraction of sp³-hybridized carbons (Fsp3) is 0.476. The second-order valence-corrected chi connectivity index (χ2v) is 8.24. The van der Waals surface area contributed by atoms with Gasteiger partial charge in [0.15, 0.2) is 5.69 Å². The highest BCUT2D eigenvalue weighted by Gasteiger charge is 2.35. The summed E-state index contributed by atoms with van der Waals surface area (Å²) in [5.74, 6) is 0.842. The summed E-state index contributed by atoms with van der Waals surface area (Å²) in [6.45, 7) is 7.96. The molecular weight excluding hydrogens is 354 g/mol. The number of rotatable bonds is 1. The SMILES string of the molecule is Cc1ccc2c(c1)OC(C)(C)C[C@@H]2NC(=O)N1CCCn2nc(C#N)cc2C1. The summed E-state index contributed by atoms with van der Waals surface area (Å²) < 4.78 is 7.97. The van der Waals surface area contributed by atoms with Gasteiger partial charge in [-0.05, 0) is 44.9 Å². The van der Waals surface area contributed by atoms with Crippen LogP contribution in [0.15, 0.2) is 24.3 Å². The van der Waals surface area contributed by atoms with Gasteiger partial charge in [0.05, 0.1) is 18.3 Å². The number of urea groups is 1. The molecule has 2 aliphatic heterocycles. The Labute approximate surface area is 164 Å². The zero-order valence-electron chi connectivity index (χ0n) is 16.5. The molecule has 0 fully saturated rings. The smallest absolute Gasteiger partial charge is 0.318 e. The highest BCUT2D eigenvalue weighted by molar-refractivity contribution is 5.75. The molecule has 0 aliphatic carbocycles. The number of carbonyl (C=O) groups is 1. The molecule has 7 heteroatoms. The first-order chi connectivity index (χ1) is 13.3. The Bertz CT molecular complexity index is 956. The molecule has 1 aromatic heterocycles. The summed E-state index contributed by atoms with van der Waals surface area (Å²) >= 11 is 0. The van der Waals surface area contributed by atoms with Crippen molar-refractivity contribution in [1.82, 2.24) is 20.0 Å². The number of benzene rings is 1. The monoisotopic (exact) mass is 379 g/mol. The van der Waals surface area contributed by atoms with Crippen molar-refractivity contribution >= 4 is 6.03 Å². The van der Waals surface area contributed by atoms with Crippen molar-refractivity contribution in [3.8, 4) is 11.8 Å². The van der Waals surface area contributed by atoms with E-state index in [0.717, 1.165) is 29.0 Å². The molecule has 0 bridgehead atoms. The highest BCUT2D eigenvalue weighted by atomic mass is 16.5. The average Bonchev–Trinajstić information content (AvgIpc) is 2.90. The summed E-state index contributed by atoms with van der Waals surface area (Å²) in [4.78, 5) is 14.9. The molecule has 7 nitrogen and oxygen atoms in total. The first-order valence-corrected chi connectivity index (χ1v) is 9.66. The van der Waals surface area contributed by atoms with Gasteiger partial charge in [-0.25, -0.2) is 4.79 Å². The van der Waals surface area contributed by atoms with Crippen LogP contribution in [0.1, 0.15) is 55.2 Å². The minimum Gasteiger partial charge on any atom is -0.487 e. The van der Waals surface area contributed by atoms with Crippen molar-refractivity contribution in [3.63, 3.8) is 0 Å². The number of aromatic nitrogens is 2. The predicted octanol–water partition coefficient (Wildman–Crippen LogP) is 3.28. The van der Waals surface area contributed by atoms with Gasteiger partial charge in [-0.1, -0.05) is 12.1 Å². The zero-order valence-corrected chi connectivity index (χ0v) is 16.5. The van der Waals surface area contributed by atoms with Crippen molar-refractivity contribution in [2.24, 2.45) is 0 Å². The normalized spacial score (nSPS) is 20.2. The van der Waals surface area contributed by atoms with Crippen molar-refractivity contribution in [3.05, 3.63) is 46.8 Å². The third kappa shape index (κ3) is 3.55. The third-order valence-corrected chi connectivity index (χ3v) is 5.34. The number of nitrogens with zero attached hydrogens (tertiary/aromatic N) is 4. The van der Waals surface area contributed by atoms with Gasteiger partial charge in [0.1, 0.15) is 17.4 Å². The lowest BCUT2D eigenvalue weighted by Crippen LogP contribution is -2.46. The van der Waals surface area contributed by atoms with E-state index in [4.69, 9.17) is 10.00 Å². The molecule has 146 valence electrons. The standard InChI is InChI=1S/C21H25N5O2/c1-14-5-6-17-18(11-21(2,3)28-19(17)9-14)23-20(27)25-7-4-8-26-16(13-25)10-15(12-22)24-26/h5-6,9-10,18H,4,7-8,11,13H2,1-3H3,(H,23,27)/t18-/m0/s1. The largest absolute Gasteiger partial charge is 0.487 e. The molecule has 1 atom stereocenters. The molecule has 0 spiro atoms. The van der Waals surface area contributed by atoms with Crippen molar-refractivity contribution in [2.75, 3.05) is 6.54 Å². The summed E-state index contributed by atoms with van der Waals surface area (Å²) in [5, 5.41) is 16.6.